The van der Waals surface area contributed by atoms with Gasteiger partial charge in [0.05, 0.1) is 17.8 Å². The van der Waals surface area contributed by atoms with Crippen LogP contribution in [0, 0.1) is 17.1 Å². The molecule has 4 nitrogen and oxygen atoms in total. The molecule has 0 aromatic heterocycles. The molecule has 5 heteroatoms. The highest BCUT2D eigenvalue weighted by molar-refractivity contribution is 5.81. The van der Waals surface area contributed by atoms with Crippen LogP contribution in [-0.2, 0) is 11.3 Å². The topological polar surface area (TPSA) is 64.9 Å². The molecule has 0 aliphatic carbocycles. The summed E-state index contributed by atoms with van der Waals surface area (Å²) in [6, 6.07) is 15.0. The van der Waals surface area contributed by atoms with Crippen LogP contribution in [-0.4, -0.2) is 12.5 Å². The summed E-state index contributed by atoms with van der Waals surface area (Å²) in [4.78, 5) is 11.7. The maximum Gasteiger partial charge on any atom is 0.239 e. The van der Waals surface area contributed by atoms with Crippen molar-refractivity contribution in [3.63, 3.8) is 0 Å². The number of carbonyl (C=O) groups is 1. The number of hydrogen-bond donors (Lipinski definition) is 2. The molecule has 106 valence electrons. The maximum atomic E-state index is 12.7. The molecule has 0 saturated heterocycles. The van der Waals surface area contributed by atoms with Gasteiger partial charge in [0.25, 0.3) is 0 Å². The zero-order valence-electron chi connectivity index (χ0n) is 11.3. The van der Waals surface area contributed by atoms with Gasteiger partial charge in [0.15, 0.2) is 0 Å². The van der Waals surface area contributed by atoms with Crippen LogP contribution in [0.3, 0.4) is 0 Å². The first kappa shape index (κ1) is 14.5. The van der Waals surface area contributed by atoms with Gasteiger partial charge in [-0.3, -0.25) is 4.79 Å². The first-order valence-corrected chi connectivity index (χ1v) is 6.43. The second-order valence-electron chi connectivity index (χ2n) is 4.41. The molecule has 0 spiro atoms. The number of halogens is 1. The Morgan fingerprint density at radius 3 is 2.57 bits per heavy atom. The van der Waals surface area contributed by atoms with E-state index in [-0.39, 0.29) is 18.3 Å². The fourth-order valence-corrected chi connectivity index (χ4v) is 1.78. The number of amides is 1. The van der Waals surface area contributed by atoms with Gasteiger partial charge < -0.3 is 10.6 Å². The average molecular weight is 283 g/mol. The summed E-state index contributed by atoms with van der Waals surface area (Å²) in [6.45, 7) is 0.403. The van der Waals surface area contributed by atoms with Crippen molar-refractivity contribution in [1.82, 2.24) is 5.32 Å². The molecule has 1 amide bonds. The fourth-order valence-electron chi connectivity index (χ4n) is 1.78. The number of nitrogens with zero attached hydrogens (tertiary/aromatic N) is 1. The number of nitriles is 1. The van der Waals surface area contributed by atoms with Gasteiger partial charge in [0.2, 0.25) is 5.91 Å². The minimum atomic E-state index is -0.306. The number of rotatable bonds is 5. The molecule has 2 aromatic carbocycles. The normalized spacial score (nSPS) is 9.71. The third-order valence-electron chi connectivity index (χ3n) is 2.89. The first-order chi connectivity index (χ1) is 10.2. The smallest absolute Gasteiger partial charge is 0.239 e. The average Bonchev–Trinajstić information content (AvgIpc) is 2.52. The van der Waals surface area contributed by atoms with E-state index in [0.717, 1.165) is 5.56 Å². The molecule has 0 fully saturated rings. The molecule has 2 N–H and O–H groups in total. The van der Waals surface area contributed by atoms with Crippen molar-refractivity contribution in [2.45, 2.75) is 6.54 Å². The van der Waals surface area contributed by atoms with Gasteiger partial charge >= 0.3 is 0 Å². The number of carbonyl (C=O) groups excluding carboxylic acids is 1. The van der Waals surface area contributed by atoms with Crippen LogP contribution in [0.25, 0.3) is 0 Å². The minimum Gasteiger partial charge on any atom is -0.375 e. The van der Waals surface area contributed by atoms with Gasteiger partial charge in [-0.2, -0.15) is 5.26 Å². The molecular weight excluding hydrogens is 269 g/mol. The Morgan fingerprint density at radius 1 is 1.14 bits per heavy atom. The third-order valence-corrected chi connectivity index (χ3v) is 2.89. The zero-order valence-corrected chi connectivity index (χ0v) is 11.3. The molecule has 0 radical (unpaired) electrons. The lowest BCUT2D eigenvalue weighted by Gasteiger charge is -2.09. The Morgan fingerprint density at radius 2 is 1.86 bits per heavy atom. The van der Waals surface area contributed by atoms with Crippen molar-refractivity contribution in [1.29, 1.82) is 5.26 Å². The molecule has 0 aliphatic heterocycles. The lowest BCUT2D eigenvalue weighted by molar-refractivity contribution is -0.119. The molecule has 0 saturated carbocycles. The van der Waals surface area contributed by atoms with E-state index in [9.17, 15) is 9.18 Å². The Balaban J connectivity index is 1.82. The molecule has 2 aromatic rings. The van der Waals surface area contributed by atoms with Crippen LogP contribution in [0.15, 0.2) is 48.5 Å². The van der Waals surface area contributed by atoms with Crippen LogP contribution in [0.5, 0.6) is 0 Å². The summed E-state index contributed by atoms with van der Waals surface area (Å²) >= 11 is 0. The molecule has 0 heterocycles. The molecule has 2 rings (SSSR count). The first-order valence-electron chi connectivity index (χ1n) is 6.43. The second-order valence-corrected chi connectivity index (χ2v) is 4.41. The quantitative estimate of drug-likeness (QED) is 0.885. The molecule has 0 bridgehead atoms. The predicted octanol–water partition coefficient (Wildman–Crippen LogP) is 2.43. The van der Waals surface area contributed by atoms with E-state index in [4.69, 9.17) is 5.26 Å². The number of benzene rings is 2. The predicted molar refractivity (Wildman–Crippen MR) is 77.9 cm³/mol. The van der Waals surface area contributed by atoms with Gasteiger partial charge in [-0.1, -0.05) is 24.3 Å². The van der Waals surface area contributed by atoms with E-state index in [1.165, 1.54) is 12.1 Å². The van der Waals surface area contributed by atoms with Gasteiger partial charge in [-0.25, -0.2) is 4.39 Å². The largest absolute Gasteiger partial charge is 0.375 e. The van der Waals surface area contributed by atoms with E-state index in [1.807, 2.05) is 0 Å². The lowest BCUT2D eigenvalue weighted by Crippen LogP contribution is -2.29. The van der Waals surface area contributed by atoms with Crippen molar-refractivity contribution in [2.24, 2.45) is 0 Å². The highest BCUT2D eigenvalue weighted by Gasteiger charge is 2.04. The number of nitrogens with one attached hydrogen (secondary N) is 2. The van der Waals surface area contributed by atoms with E-state index in [1.54, 1.807) is 36.4 Å². The highest BCUT2D eigenvalue weighted by atomic mass is 19.1. The summed E-state index contributed by atoms with van der Waals surface area (Å²) < 4.78 is 12.7. The van der Waals surface area contributed by atoms with Crippen molar-refractivity contribution in [3.05, 3.63) is 65.5 Å². The maximum absolute atomic E-state index is 12.7. The Hall–Kier alpha value is -2.87. The van der Waals surface area contributed by atoms with E-state index in [2.05, 4.69) is 16.7 Å². The molecule has 0 aliphatic rings. The Kier molecular flexibility index (Phi) is 4.89. The Bertz CT molecular complexity index is 662. The van der Waals surface area contributed by atoms with Crippen LogP contribution in [0.4, 0.5) is 10.1 Å². The molecular formula is C16H14FN3O. The fraction of sp³-hybridized carbons (Fsp3) is 0.125. The van der Waals surface area contributed by atoms with Gasteiger partial charge in [-0.05, 0) is 29.8 Å². The van der Waals surface area contributed by atoms with Crippen LogP contribution < -0.4 is 10.6 Å². The summed E-state index contributed by atoms with van der Waals surface area (Å²) in [7, 11) is 0. The monoisotopic (exact) mass is 283 g/mol. The van der Waals surface area contributed by atoms with Crippen molar-refractivity contribution < 1.29 is 9.18 Å². The summed E-state index contributed by atoms with van der Waals surface area (Å²) in [6.07, 6.45) is 0. The van der Waals surface area contributed by atoms with Crippen molar-refractivity contribution in [3.8, 4) is 6.07 Å². The SMILES string of the molecule is N#Cc1ccccc1NCC(=O)NCc1ccc(F)cc1. The third kappa shape index (κ3) is 4.32. The summed E-state index contributed by atoms with van der Waals surface area (Å²) in [5.41, 5.74) is 1.93. The Labute approximate surface area is 122 Å². The highest BCUT2D eigenvalue weighted by Crippen LogP contribution is 2.12. The number of anilines is 1. The van der Waals surface area contributed by atoms with Crippen LogP contribution in [0.2, 0.25) is 0 Å². The van der Waals surface area contributed by atoms with Gasteiger partial charge in [0, 0.05) is 6.54 Å². The van der Waals surface area contributed by atoms with E-state index in [0.29, 0.717) is 17.8 Å². The van der Waals surface area contributed by atoms with Crippen molar-refractivity contribution >= 4 is 11.6 Å². The molecule has 0 atom stereocenters. The zero-order chi connectivity index (χ0) is 15.1. The molecule has 0 unspecified atom stereocenters. The molecule has 21 heavy (non-hydrogen) atoms. The standard InChI is InChI=1S/C16H14FN3O/c17-14-7-5-12(6-8-14)10-20-16(21)11-19-15-4-2-1-3-13(15)9-18/h1-8,19H,10-11H2,(H,20,21). The van der Waals surface area contributed by atoms with Gasteiger partial charge in [0.1, 0.15) is 11.9 Å². The van der Waals surface area contributed by atoms with Crippen LogP contribution in [0.1, 0.15) is 11.1 Å². The second kappa shape index (κ2) is 7.06. The van der Waals surface area contributed by atoms with E-state index >= 15 is 0 Å². The number of para-hydroxylation sites is 1. The summed E-state index contributed by atoms with van der Waals surface area (Å²) in [5.74, 6) is -0.507. The van der Waals surface area contributed by atoms with Crippen LogP contribution >= 0.6 is 0 Å². The summed E-state index contributed by atoms with van der Waals surface area (Å²) in [5, 5.41) is 14.6. The van der Waals surface area contributed by atoms with E-state index < -0.39 is 0 Å². The van der Waals surface area contributed by atoms with Gasteiger partial charge in [-0.15, -0.1) is 0 Å². The number of hydrogen-bond acceptors (Lipinski definition) is 3. The van der Waals surface area contributed by atoms with Crippen molar-refractivity contribution in [2.75, 3.05) is 11.9 Å². The minimum absolute atomic E-state index is 0.0693. The lowest BCUT2D eigenvalue weighted by atomic mass is 10.2.